The number of amides is 1. The first kappa shape index (κ1) is 14.2. The van der Waals surface area contributed by atoms with Gasteiger partial charge < -0.3 is 4.90 Å². The smallest absolute Gasteiger partial charge is 0.264 e. The highest BCUT2D eigenvalue weighted by atomic mass is 19.1. The lowest BCUT2D eigenvalue weighted by Gasteiger charge is -2.22. The highest BCUT2D eigenvalue weighted by Gasteiger charge is 2.23. The minimum absolute atomic E-state index is 0.329. The number of nitrogens with zero attached hydrogens (tertiary/aromatic N) is 1. The minimum Gasteiger partial charge on any atom is -0.308 e. The first-order valence-corrected chi connectivity index (χ1v) is 6.37. The zero-order valence-corrected chi connectivity index (χ0v) is 11.4. The molecule has 0 aliphatic carbocycles. The quantitative estimate of drug-likeness (QED) is 0.830. The molecule has 2 rings (SSSR count). The van der Waals surface area contributed by atoms with Gasteiger partial charge >= 0.3 is 0 Å². The first-order valence-electron chi connectivity index (χ1n) is 6.37. The molecular formula is C16H15F2NO. The average molecular weight is 275 g/mol. The van der Waals surface area contributed by atoms with Gasteiger partial charge in [0.15, 0.2) is 0 Å². The molecule has 0 bridgehead atoms. The Hall–Kier alpha value is -2.23. The summed E-state index contributed by atoms with van der Waals surface area (Å²) in [4.78, 5) is 13.7. The van der Waals surface area contributed by atoms with Crippen LogP contribution in [0.5, 0.6) is 0 Å². The third kappa shape index (κ3) is 2.69. The molecular weight excluding hydrogens is 260 g/mol. The molecule has 0 spiro atoms. The predicted molar refractivity (Wildman–Crippen MR) is 74.9 cm³/mol. The van der Waals surface area contributed by atoms with Crippen LogP contribution in [0.25, 0.3) is 0 Å². The number of rotatable bonds is 3. The van der Waals surface area contributed by atoms with Crippen LogP contribution < -0.4 is 4.90 Å². The number of hydrogen-bond acceptors (Lipinski definition) is 1. The highest BCUT2D eigenvalue weighted by molar-refractivity contribution is 6.06. The number of aryl methyl sites for hydroxylation is 1. The molecule has 4 heteroatoms. The van der Waals surface area contributed by atoms with Gasteiger partial charge in [0.1, 0.15) is 17.2 Å². The predicted octanol–water partition coefficient (Wildman–Crippen LogP) is 3.94. The number of halogens is 2. The van der Waals surface area contributed by atoms with Gasteiger partial charge in [-0.1, -0.05) is 18.2 Å². The number of anilines is 1. The summed E-state index contributed by atoms with van der Waals surface area (Å²) in [5.74, 6) is -2.36. The van der Waals surface area contributed by atoms with E-state index in [9.17, 15) is 13.6 Å². The molecule has 0 aliphatic rings. The Morgan fingerprint density at radius 2 is 1.70 bits per heavy atom. The van der Waals surface area contributed by atoms with E-state index in [2.05, 4.69) is 0 Å². The first-order chi connectivity index (χ1) is 9.54. The van der Waals surface area contributed by atoms with Crippen molar-refractivity contribution >= 4 is 11.6 Å². The maximum Gasteiger partial charge on any atom is 0.264 e. The number of carbonyl (C=O) groups excluding carboxylic acids is 1. The van der Waals surface area contributed by atoms with Gasteiger partial charge in [0, 0.05) is 12.2 Å². The molecule has 0 unspecified atom stereocenters. The van der Waals surface area contributed by atoms with Gasteiger partial charge in [0.25, 0.3) is 5.91 Å². The molecule has 2 aromatic rings. The molecule has 1 amide bonds. The normalized spacial score (nSPS) is 10.4. The molecule has 0 fully saturated rings. The van der Waals surface area contributed by atoms with E-state index in [0.717, 1.165) is 17.7 Å². The van der Waals surface area contributed by atoms with Crippen molar-refractivity contribution in [2.45, 2.75) is 13.8 Å². The number of carbonyl (C=O) groups is 1. The lowest BCUT2D eigenvalue weighted by atomic mass is 10.1. The summed E-state index contributed by atoms with van der Waals surface area (Å²) in [6, 6.07) is 10.7. The molecule has 0 heterocycles. The van der Waals surface area contributed by atoms with Gasteiger partial charge in [-0.2, -0.15) is 0 Å². The lowest BCUT2D eigenvalue weighted by molar-refractivity contribution is 0.0980. The zero-order chi connectivity index (χ0) is 14.7. The fraction of sp³-hybridized carbons (Fsp3) is 0.188. The van der Waals surface area contributed by atoms with Crippen LogP contribution in [0.4, 0.5) is 14.5 Å². The van der Waals surface area contributed by atoms with E-state index >= 15 is 0 Å². The summed E-state index contributed by atoms with van der Waals surface area (Å²) in [6.45, 7) is 3.99. The van der Waals surface area contributed by atoms with E-state index in [1.807, 2.05) is 13.0 Å². The molecule has 0 N–H and O–H groups in total. The second kappa shape index (κ2) is 5.82. The molecule has 0 saturated heterocycles. The summed E-state index contributed by atoms with van der Waals surface area (Å²) >= 11 is 0. The van der Waals surface area contributed by atoms with Gasteiger partial charge in [-0.15, -0.1) is 0 Å². The van der Waals surface area contributed by atoms with Crippen LogP contribution in [0.3, 0.4) is 0 Å². The molecule has 104 valence electrons. The van der Waals surface area contributed by atoms with Crippen molar-refractivity contribution in [3.63, 3.8) is 0 Å². The van der Waals surface area contributed by atoms with Crippen LogP contribution in [0, 0.1) is 18.6 Å². The topological polar surface area (TPSA) is 20.3 Å². The second-order valence-electron chi connectivity index (χ2n) is 4.49. The van der Waals surface area contributed by atoms with Gasteiger partial charge in [0.2, 0.25) is 0 Å². The molecule has 0 atom stereocenters. The SMILES string of the molecule is CCN(C(=O)c1c(F)cccc1F)c1cccc(C)c1. The summed E-state index contributed by atoms with van der Waals surface area (Å²) in [6.07, 6.45) is 0. The van der Waals surface area contributed by atoms with Crippen LogP contribution in [-0.4, -0.2) is 12.5 Å². The molecule has 2 aromatic carbocycles. The molecule has 0 aromatic heterocycles. The van der Waals surface area contributed by atoms with E-state index in [4.69, 9.17) is 0 Å². The second-order valence-corrected chi connectivity index (χ2v) is 4.49. The van der Waals surface area contributed by atoms with Crippen molar-refractivity contribution < 1.29 is 13.6 Å². The Morgan fingerprint density at radius 1 is 1.10 bits per heavy atom. The Balaban J connectivity index is 2.45. The summed E-state index contributed by atoms with van der Waals surface area (Å²) in [5, 5.41) is 0. The number of benzene rings is 2. The van der Waals surface area contributed by atoms with Gasteiger partial charge in [-0.05, 0) is 43.7 Å². The summed E-state index contributed by atoms with van der Waals surface area (Å²) in [5.41, 5.74) is 1.08. The third-order valence-corrected chi connectivity index (χ3v) is 3.05. The van der Waals surface area contributed by atoms with E-state index in [-0.39, 0.29) is 0 Å². The van der Waals surface area contributed by atoms with Crippen molar-refractivity contribution in [3.05, 3.63) is 65.2 Å². The summed E-state index contributed by atoms with van der Waals surface area (Å²) < 4.78 is 27.4. The van der Waals surface area contributed by atoms with Crippen LogP contribution in [0.15, 0.2) is 42.5 Å². The fourth-order valence-corrected chi connectivity index (χ4v) is 2.08. The van der Waals surface area contributed by atoms with Crippen LogP contribution >= 0.6 is 0 Å². The van der Waals surface area contributed by atoms with Crippen molar-refractivity contribution in [2.75, 3.05) is 11.4 Å². The molecule has 2 nitrogen and oxygen atoms in total. The zero-order valence-electron chi connectivity index (χ0n) is 11.4. The van der Waals surface area contributed by atoms with Crippen LogP contribution in [-0.2, 0) is 0 Å². The summed E-state index contributed by atoms with van der Waals surface area (Å²) in [7, 11) is 0. The van der Waals surface area contributed by atoms with Crippen molar-refractivity contribution in [2.24, 2.45) is 0 Å². The fourth-order valence-electron chi connectivity index (χ4n) is 2.08. The molecule has 20 heavy (non-hydrogen) atoms. The Morgan fingerprint density at radius 3 is 2.25 bits per heavy atom. The standard InChI is InChI=1S/C16H15F2NO/c1-3-19(12-7-4-6-11(2)10-12)16(20)15-13(17)8-5-9-14(15)18/h4-10H,3H2,1-2H3. The largest absolute Gasteiger partial charge is 0.308 e. The van der Waals surface area contributed by atoms with Crippen LogP contribution in [0.2, 0.25) is 0 Å². The molecule has 0 radical (unpaired) electrons. The minimum atomic E-state index is -0.846. The number of hydrogen-bond donors (Lipinski definition) is 0. The van der Waals surface area contributed by atoms with E-state index in [1.165, 1.54) is 11.0 Å². The van der Waals surface area contributed by atoms with Gasteiger partial charge in [-0.25, -0.2) is 8.78 Å². The maximum atomic E-state index is 13.7. The molecule has 0 aliphatic heterocycles. The van der Waals surface area contributed by atoms with Crippen LogP contribution in [0.1, 0.15) is 22.8 Å². The Kier molecular flexibility index (Phi) is 4.13. The van der Waals surface area contributed by atoms with Gasteiger partial charge in [-0.3, -0.25) is 4.79 Å². The highest BCUT2D eigenvalue weighted by Crippen LogP contribution is 2.21. The van der Waals surface area contributed by atoms with E-state index in [1.54, 1.807) is 25.1 Å². The monoisotopic (exact) mass is 275 g/mol. The third-order valence-electron chi connectivity index (χ3n) is 3.05. The van der Waals surface area contributed by atoms with Crippen molar-refractivity contribution in [1.29, 1.82) is 0 Å². The Bertz CT molecular complexity index is 620. The van der Waals surface area contributed by atoms with Gasteiger partial charge in [0.05, 0.1) is 0 Å². The molecule has 0 saturated carbocycles. The van der Waals surface area contributed by atoms with Crippen molar-refractivity contribution in [3.8, 4) is 0 Å². The van der Waals surface area contributed by atoms with E-state index < -0.39 is 23.1 Å². The van der Waals surface area contributed by atoms with Crippen molar-refractivity contribution in [1.82, 2.24) is 0 Å². The lowest BCUT2D eigenvalue weighted by Crippen LogP contribution is -2.32. The maximum absolute atomic E-state index is 13.7. The average Bonchev–Trinajstić information content (AvgIpc) is 2.39. The Labute approximate surface area is 116 Å². The van der Waals surface area contributed by atoms with E-state index in [0.29, 0.717) is 12.2 Å².